The highest BCUT2D eigenvalue weighted by Crippen LogP contribution is 2.34. The van der Waals surface area contributed by atoms with Crippen molar-refractivity contribution in [3.05, 3.63) is 35.9 Å². The first-order valence-electron chi connectivity index (χ1n) is 6.82. The minimum atomic E-state index is -0.536. The minimum absolute atomic E-state index is 0. The van der Waals surface area contributed by atoms with Crippen molar-refractivity contribution in [2.75, 3.05) is 13.1 Å². The number of halogens is 1. The van der Waals surface area contributed by atoms with Crippen LogP contribution in [0.25, 0.3) is 0 Å². The molecule has 2 fully saturated rings. The van der Waals surface area contributed by atoms with Gasteiger partial charge in [-0.05, 0) is 31.2 Å². The van der Waals surface area contributed by atoms with Crippen molar-refractivity contribution in [2.45, 2.75) is 37.1 Å². The van der Waals surface area contributed by atoms with E-state index in [0.29, 0.717) is 5.92 Å². The summed E-state index contributed by atoms with van der Waals surface area (Å²) in [6, 6.07) is 10.5. The van der Waals surface area contributed by atoms with Crippen molar-refractivity contribution in [3.8, 4) is 0 Å². The molecule has 2 N–H and O–H groups in total. The van der Waals surface area contributed by atoms with Crippen LogP contribution in [-0.4, -0.2) is 29.4 Å². The van der Waals surface area contributed by atoms with Crippen LogP contribution in [0.1, 0.15) is 37.2 Å². The van der Waals surface area contributed by atoms with Crippen molar-refractivity contribution in [2.24, 2.45) is 5.73 Å². The van der Waals surface area contributed by atoms with Crippen molar-refractivity contribution < 1.29 is 4.79 Å². The third-order valence-corrected chi connectivity index (χ3v) is 4.42. The van der Waals surface area contributed by atoms with Crippen molar-refractivity contribution >= 4 is 18.3 Å². The summed E-state index contributed by atoms with van der Waals surface area (Å²) in [5.41, 5.74) is 6.92. The molecule has 104 valence electrons. The van der Waals surface area contributed by atoms with E-state index in [1.807, 2.05) is 11.0 Å². The minimum Gasteiger partial charge on any atom is -0.340 e. The van der Waals surface area contributed by atoms with Crippen molar-refractivity contribution in [1.82, 2.24) is 4.90 Å². The number of likely N-dealkylation sites (tertiary alicyclic amines) is 1. The average Bonchev–Trinajstić information content (AvgIpc) is 2.85. The summed E-state index contributed by atoms with van der Waals surface area (Å²) < 4.78 is 0. The monoisotopic (exact) mass is 280 g/mol. The second-order valence-electron chi connectivity index (χ2n) is 5.66. The van der Waals surface area contributed by atoms with Crippen LogP contribution in [-0.2, 0) is 4.79 Å². The molecule has 1 aromatic rings. The number of rotatable bonds is 2. The molecule has 3 nitrogen and oxygen atoms in total. The maximum absolute atomic E-state index is 12.3. The van der Waals surface area contributed by atoms with Crippen LogP contribution >= 0.6 is 12.4 Å². The van der Waals surface area contributed by atoms with Gasteiger partial charge in [0.1, 0.15) is 0 Å². The molecule has 0 aromatic heterocycles. The van der Waals surface area contributed by atoms with Crippen molar-refractivity contribution in [3.63, 3.8) is 0 Å². The Morgan fingerprint density at radius 2 is 1.95 bits per heavy atom. The Hall–Kier alpha value is -1.06. The molecular formula is C15H21ClN2O. The Morgan fingerprint density at radius 3 is 2.53 bits per heavy atom. The van der Waals surface area contributed by atoms with Gasteiger partial charge in [0, 0.05) is 19.0 Å². The fraction of sp³-hybridized carbons (Fsp3) is 0.533. The summed E-state index contributed by atoms with van der Waals surface area (Å²) in [7, 11) is 0. The zero-order valence-electron chi connectivity index (χ0n) is 11.0. The Balaban J connectivity index is 0.00000133. The summed E-state index contributed by atoms with van der Waals surface area (Å²) in [6.07, 6.45) is 3.88. The van der Waals surface area contributed by atoms with E-state index in [1.165, 1.54) is 5.56 Å². The molecule has 1 saturated heterocycles. The predicted molar refractivity (Wildman–Crippen MR) is 78.4 cm³/mol. The molecule has 1 unspecified atom stereocenters. The van der Waals surface area contributed by atoms with Gasteiger partial charge in [-0.25, -0.2) is 0 Å². The van der Waals surface area contributed by atoms with Gasteiger partial charge in [-0.1, -0.05) is 30.3 Å². The third kappa shape index (κ3) is 2.63. The van der Waals surface area contributed by atoms with Gasteiger partial charge in [0.2, 0.25) is 5.91 Å². The average molecular weight is 281 g/mol. The SMILES string of the molecule is Cl.NC1(C(=O)N2CCC(c3ccccc3)C2)CCC1. The van der Waals surface area contributed by atoms with Gasteiger partial charge < -0.3 is 10.6 Å². The van der Waals surface area contributed by atoms with Gasteiger partial charge in [0.25, 0.3) is 0 Å². The van der Waals surface area contributed by atoms with Crippen LogP contribution in [0.2, 0.25) is 0 Å². The van der Waals surface area contributed by atoms with E-state index in [2.05, 4.69) is 24.3 Å². The third-order valence-electron chi connectivity index (χ3n) is 4.42. The van der Waals surface area contributed by atoms with E-state index < -0.39 is 5.54 Å². The quantitative estimate of drug-likeness (QED) is 0.904. The first-order valence-corrected chi connectivity index (χ1v) is 6.82. The normalized spacial score (nSPS) is 24.5. The van der Waals surface area contributed by atoms with Crippen LogP contribution < -0.4 is 5.73 Å². The summed E-state index contributed by atoms with van der Waals surface area (Å²) in [4.78, 5) is 14.3. The number of hydrogen-bond acceptors (Lipinski definition) is 2. The summed E-state index contributed by atoms with van der Waals surface area (Å²) in [6.45, 7) is 1.69. The van der Waals surface area contributed by atoms with Gasteiger partial charge in [0.05, 0.1) is 5.54 Å². The molecule has 19 heavy (non-hydrogen) atoms. The predicted octanol–water partition coefficient (Wildman–Crippen LogP) is 2.31. The lowest BCUT2D eigenvalue weighted by Gasteiger charge is -2.39. The Morgan fingerprint density at radius 1 is 1.26 bits per heavy atom. The molecule has 2 aliphatic rings. The van der Waals surface area contributed by atoms with Gasteiger partial charge in [-0.2, -0.15) is 0 Å². The number of benzene rings is 1. The molecule has 1 heterocycles. The van der Waals surface area contributed by atoms with E-state index in [1.54, 1.807) is 0 Å². The van der Waals surface area contributed by atoms with Gasteiger partial charge in [0.15, 0.2) is 0 Å². The zero-order chi connectivity index (χ0) is 12.6. The molecule has 4 heteroatoms. The summed E-state index contributed by atoms with van der Waals surface area (Å²) in [5.74, 6) is 0.658. The number of hydrogen-bond donors (Lipinski definition) is 1. The largest absolute Gasteiger partial charge is 0.340 e. The second kappa shape index (κ2) is 5.51. The highest BCUT2D eigenvalue weighted by molar-refractivity contribution is 5.87. The fourth-order valence-corrected chi connectivity index (χ4v) is 3.03. The van der Waals surface area contributed by atoms with Gasteiger partial charge in [-0.15, -0.1) is 12.4 Å². The zero-order valence-corrected chi connectivity index (χ0v) is 11.9. The van der Waals surface area contributed by atoms with E-state index in [4.69, 9.17) is 5.73 Å². The van der Waals surface area contributed by atoms with Crippen LogP contribution in [0.15, 0.2) is 30.3 Å². The van der Waals surface area contributed by atoms with Crippen LogP contribution in [0.4, 0.5) is 0 Å². The Kier molecular flexibility index (Phi) is 4.16. The topological polar surface area (TPSA) is 46.3 Å². The van der Waals surface area contributed by atoms with Crippen molar-refractivity contribution in [1.29, 1.82) is 0 Å². The smallest absolute Gasteiger partial charge is 0.242 e. The fourth-order valence-electron chi connectivity index (χ4n) is 3.03. The van der Waals surface area contributed by atoms with Crippen LogP contribution in [0.3, 0.4) is 0 Å². The number of nitrogens with zero attached hydrogens (tertiary/aromatic N) is 1. The second-order valence-corrected chi connectivity index (χ2v) is 5.66. The Labute approximate surface area is 120 Å². The maximum Gasteiger partial charge on any atom is 0.242 e. The van der Waals surface area contributed by atoms with E-state index >= 15 is 0 Å². The van der Waals surface area contributed by atoms with Crippen LogP contribution in [0.5, 0.6) is 0 Å². The molecule has 3 rings (SSSR count). The molecule has 1 atom stereocenters. The molecule has 0 radical (unpaired) electrons. The van der Waals surface area contributed by atoms with Crippen LogP contribution in [0, 0.1) is 0 Å². The number of amides is 1. The molecule has 1 aliphatic carbocycles. The maximum atomic E-state index is 12.3. The lowest BCUT2D eigenvalue weighted by Crippen LogP contribution is -2.59. The number of carbonyl (C=O) groups excluding carboxylic acids is 1. The molecule has 1 aliphatic heterocycles. The van der Waals surface area contributed by atoms with E-state index in [0.717, 1.165) is 38.8 Å². The van der Waals surface area contributed by atoms with Gasteiger partial charge >= 0.3 is 0 Å². The molecule has 1 saturated carbocycles. The molecule has 0 spiro atoms. The number of carbonyl (C=O) groups is 1. The molecule has 1 aromatic carbocycles. The standard InChI is InChI=1S/C15H20N2O.ClH/c16-15(8-4-9-15)14(18)17-10-7-13(11-17)12-5-2-1-3-6-12;/h1-3,5-6,13H,4,7-11,16H2;1H. The lowest BCUT2D eigenvalue weighted by molar-refractivity contribution is -0.139. The summed E-state index contributed by atoms with van der Waals surface area (Å²) in [5, 5.41) is 0. The molecule has 0 bridgehead atoms. The van der Waals surface area contributed by atoms with E-state index in [-0.39, 0.29) is 18.3 Å². The highest BCUT2D eigenvalue weighted by atomic mass is 35.5. The molecule has 1 amide bonds. The Bertz CT molecular complexity index is 445. The number of nitrogens with two attached hydrogens (primary N) is 1. The lowest BCUT2D eigenvalue weighted by atomic mass is 9.76. The van der Waals surface area contributed by atoms with E-state index in [9.17, 15) is 4.79 Å². The molecular weight excluding hydrogens is 260 g/mol. The highest BCUT2D eigenvalue weighted by Gasteiger charge is 2.44. The van der Waals surface area contributed by atoms with Gasteiger partial charge in [-0.3, -0.25) is 4.79 Å². The first kappa shape index (κ1) is 14.4. The first-order chi connectivity index (χ1) is 8.69. The summed E-state index contributed by atoms with van der Waals surface area (Å²) >= 11 is 0.